The number of hydrogen-bond donors (Lipinski definition) is 3. The molecule has 2 amide bonds. The van der Waals surface area contributed by atoms with Gasteiger partial charge in [0, 0.05) is 26.4 Å². The van der Waals surface area contributed by atoms with Crippen molar-refractivity contribution in [3.8, 4) is 0 Å². The molecule has 0 aliphatic carbocycles. The number of benzene rings is 1. The Kier molecular flexibility index (Phi) is 9.73. The van der Waals surface area contributed by atoms with Crippen LogP contribution in [0.4, 0.5) is 5.69 Å². The number of carbonyl (C=O) groups is 2. The van der Waals surface area contributed by atoms with E-state index in [2.05, 4.69) is 16.0 Å². The highest BCUT2D eigenvalue weighted by Crippen LogP contribution is 2.20. The third kappa shape index (κ3) is 6.77. The zero-order valence-electron chi connectivity index (χ0n) is 11.9. The average molecular weight is 336 g/mol. The number of ether oxygens (including phenoxy) is 1. The number of methoxy groups -OCH3 is 1. The first-order valence-electron chi connectivity index (χ1n) is 6.09. The van der Waals surface area contributed by atoms with Crippen LogP contribution in [0, 0.1) is 0 Å². The van der Waals surface area contributed by atoms with E-state index in [1.165, 1.54) is 13.1 Å². The highest BCUT2D eigenvalue weighted by Gasteiger charge is 2.10. The van der Waals surface area contributed by atoms with Crippen molar-refractivity contribution in [3.63, 3.8) is 0 Å². The summed E-state index contributed by atoms with van der Waals surface area (Å²) in [5.74, 6) is -0.504. The number of nitrogens with one attached hydrogen (secondary N) is 3. The fourth-order valence-corrected chi connectivity index (χ4v) is 1.70. The quantitative estimate of drug-likeness (QED) is 0.656. The Morgan fingerprint density at radius 3 is 2.67 bits per heavy atom. The summed E-state index contributed by atoms with van der Waals surface area (Å²) < 4.78 is 4.86. The van der Waals surface area contributed by atoms with Gasteiger partial charge in [-0.05, 0) is 18.2 Å². The minimum atomic E-state index is -0.302. The van der Waals surface area contributed by atoms with Crippen molar-refractivity contribution in [1.82, 2.24) is 10.6 Å². The van der Waals surface area contributed by atoms with Crippen molar-refractivity contribution >= 4 is 41.5 Å². The Hall–Kier alpha value is -1.34. The van der Waals surface area contributed by atoms with Crippen molar-refractivity contribution in [2.75, 3.05) is 39.2 Å². The maximum absolute atomic E-state index is 11.7. The molecule has 118 valence electrons. The Morgan fingerprint density at radius 1 is 1.33 bits per heavy atom. The van der Waals surface area contributed by atoms with E-state index in [-0.39, 0.29) is 30.8 Å². The molecule has 0 aliphatic rings. The highest BCUT2D eigenvalue weighted by molar-refractivity contribution is 6.34. The molecule has 0 atom stereocenters. The second-order valence-electron chi connectivity index (χ2n) is 3.99. The number of carbonyl (C=O) groups excluding carboxylic acids is 2. The van der Waals surface area contributed by atoms with Gasteiger partial charge in [-0.2, -0.15) is 0 Å². The van der Waals surface area contributed by atoms with Gasteiger partial charge in [-0.25, -0.2) is 0 Å². The van der Waals surface area contributed by atoms with E-state index in [9.17, 15) is 9.59 Å². The first-order valence-corrected chi connectivity index (χ1v) is 6.47. The van der Waals surface area contributed by atoms with E-state index >= 15 is 0 Å². The monoisotopic (exact) mass is 335 g/mol. The largest absolute Gasteiger partial charge is 0.383 e. The molecule has 1 aromatic carbocycles. The number of halogens is 2. The lowest BCUT2D eigenvalue weighted by molar-refractivity contribution is -0.115. The van der Waals surface area contributed by atoms with Crippen LogP contribution in [0.1, 0.15) is 10.4 Å². The molecule has 0 heterocycles. The maximum Gasteiger partial charge on any atom is 0.252 e. The molecule has 0 spiro atoms. The molecule has 6 nitrogen and oxygen atoms in total. The van der Waals surface area contributed by atoms with Crippen LogP contribution in [0.2, 0.25) is 5.02 Å². The van der Waals surface area contributed by atoms with Crippen LogP contribution in [0.3, 0.4) is 0 Å². The van der Waals surface area contributed by atoms with Gasteiger partial charge in [-0.1, -0.05) is 11.6 Å². The summed E-state index contributed by atoms with van der Waals surface area (Å²) in [6.07, 6.45) is 0. The van der Waals surface area contributed by atoms with Gasteiger partial charge in [0.15, 0.2) is 0 Å². The van der Waals surface area contributed by atoms with Crippen LogP contribution >= 0.6 is 24.0 Å². The van der Waals surface area contributed by atoms with Crippen LogP contribution in [0.5, 0.6) is 0 Å². The van der Waals surface area contributed by atoms with E-state index in [1.807, 2.05) is 0 Å². The summed E-state index contributed by atoms with van der Waals surface area (Å²) in [5.41, 5.74) is 0.839. The van der Waals surface area contributed by atoms with Crippen LogP contribution in [0.15, 0.2) is 18.2 Å². The molecule has 0 aromatic heterocycles. The summed E-state index contributed by atoms with van der Waals surface area (Å²) in [6.45, 7) is 1.30. The van der Waals surface area contributed by atoms with E-state index in [0.29, 0.717) is 29.4 Å². The van der Waals surface area contributed by atoms with E-state index in [1.54, 1.807) is 19.2 Å². The molecule has 0 radical (unpaired) electrons. The highest BCUT2D eigenvalue weighted by atomic mass is 35.5. The average Bonchev–Trinajstić information content (AvgIpc) is 2.45. The van der Waals surface area contributed by atoms with Crippen molar-refractivity contribution in [2.24, 2.45) is 0 Å². The predicted molar refractivity (Wildman–Crippen MR) is 85.5 cm³/mol. The van der Waals surface area contributed by atoms with Gasteiger partial charge in [-0.3, -0.25) is 9.59 Å². The van der Waals surface area contributed by atoms with Gasteiger partial charge in [-0.15, -0.1) is 12.4 Å². The second kappa shape index (κ2) is 10.4. The second-order valence-corrected chi connectivity index (χ2v) is 4.40. The van der Waals surface area contributed by atoms with Crippen LogP contribution < -0.4 is 16.0 Å². The summed E-state index contributed by atoms with van der Waals surface area (Å²) in [5, 5.41) is 8.43. The molecular weight excluding hydrogens is 317 g/mol. The Morgan fingerprint density at radius 2 is 2.05 bits per heavy atom. The van der Waals surface area contributed by atoms with Crippen LogP contribution in [0.25, 0.3) is 0 Å². The van der Waals surface area contributed by atoms with E-state index < -0.39 is 0 Å². The Labute approximate surface area is 135 Å². The van der Waals surface area contributed by atoms with Gasteiger partial charge in [0.1, 0.15) is 0 Å². The van der Waals surface area contributed by atoms with Gasteiger partial charge in [0.05, 0.1) is 23.7 Å². The van der Waals surface area contributed by atoms with Crippen molar-refractivity contribution in [1.29, 1.82) is 0 Å². The molecule has 0 saturated heterocycles. The topological polar surface area (TPSA) is 79.5 Å². The van der Waals surface area contributed by atoms with Crippen LogP contribution in [-0.2, 0) is 9.53 Å². The molecule has 3 N–H and O–H groups in total. The van der Waals surface area contributed by atoms with Crippen molar-refractivity contribution < 1.29 is 14.3 Å². The lowest BCUT2D eigenvalue weighted by Gasteiger charge is -2.09. The molecule has 21 heavy (non-hydrogen) atoms. The standard InChI is InChI=1S/C13H18ClN3O3.ClH/c1-15-13(19)10-7-9(3-4-11(10)14)17-12(18)8-16-5-6-20-2;/h3-4,7,16H,5-6,8H2,1-2H3,(H,15,19)(H,17,18);1H. The molecule has 1 rings (SSSR count). The number of rotatable bonds is 7. The number of hydrogen-bond acceptors (Lipinski definition) is 4. The summed E-state index contributed by atoms with van der Waals surface area (Å²) in [6, 6.07) is 4.75. The summed E-state index contributed by atoms with van der Waals surface area (Å²) in [4.78, 5) is 23.2. The van der Waals surface area contributed by atoms with Crippen LogP contribution in [-0.4, -0.2) is 45.7 Å². The number of anilines is 1. The molecule has 1 aromatic rings. The van der Waals surface area contributed by atoms with E-state index in [4.69, 9.17) is 16.3 Å². The fourth-order valence-electron chi connectivity index (χ4n) is 1.49. The fraction of sp³-hybridized carbons (Fsp3) is 0.385. The van der Waals surface area contributed by atoms with Gasteiger partial charge in [0.2, 0.25) is 5.91 Å². The molecule has 0 bridgehead atoms. The molecule has 0 saturated carbocycles. The molecule has 0 fully saturated rings. The third-order valence-corrected chi connectivity index (χ3v) is 2.82. The first-order chi connectivity index (χ1) is 9.58. The number of amides is 2. The molecule has 8 heteroatoms. The Balaban J connectivity index is 0.00000400. The lowest BCUT2D eigenvalue weighted by Crippen LogP contribution is -2.30. The smallest absolute Gasteiger partial charge is 0.252 e. The minimum Gasteiger partial charge on any atom is -0.383 e. The van der Waals surface area contributed by atoms with Crippen molar-refractivity contribution in [3.05, 3.63) is 28.8 Å². The lowest BCUT2D eigenvalue weighted by atomic mass is 10.2. The molecule has 0 unspecified atom stereocenters. The summed E-state index contributed by atoms with van der Waals surface area (Å²) >= 11 is 5.92. The summed E-state index contributed by atoms with van der Waals surface area (Å²) in [7, 11) is 3.11. The Bertz CT molecular complexity index is 484. The minimum absolute atomic E-state index is 0. The zero-order valence-corrected chi connectivity index (χ0v) is 13.4. The third-order valence-electron chi connectivity index (χ3n) is 2.49. The molecule has 0 aliphatic heterocycles. The zero-order chi connectivity index (χ0) is 15.0. The first kappa shape index (κ1) is 19.7. The predicted octanol–water partition coefficient (Wildman–Crippen LogP) is 1.30. The van der Waals surface area contributed by atoms with E-state index in [0.717, 1.165) is 0 Å². The SMILES string of the molecule is CNC(=O)c1cc(NC(=O)CNCCOC)ccc1Cl.Cl. The van der Waals surface area contributed by atoms with Gasteiger partial charge < -0.3 is 20.7 Å². The maximum atomic E-state index is 11.7. The normalized spacial score (nSPS) is 9.67. The van der Waals surface area contributed by atoms with Crippen molar-refractivity contribution in [2.45, 2.75) is 0 Å². The molecular formula is C13H19Cl2N3O3. The van der Waals surface area contributed by atoms with Gasteiger partial charge in [0.25, 0.3) is 5.91 Å². The van der Waals surface area contributed by atoms with Gasteiger partial charge >= 0.3 is 0 Å².